The molecule has 0 aromatic heterocycles. The largest absolute Gasteiger partial charge is 0.480 e. The number of guanidine groups is 1. The molecule has 0 aliphatic carbocycles. The number of hydrogen-bond donors (Lipinski definition) is 6. The minimum absolute atomic E-state index is 0. The SMILES string of the molecule is CN(CC(=O)O)C(=N)N.O=P(O)(O)O.[Zn]. The fourth-order valence-electron chi connectivity index (χ4n) is 0.288. The van der Waals surface area contributed by atoms with Crippen LogP contribution in [0.3, 0.4) is 0 Å². The molecule has 0 aliphatic heterocycles. The van der Waals surface area contributed by atoms with E-state index in [1.165, 1.54) is 7.05 Å². The van der Waals surface area contributed by atoms with Gasteiger partial charge in [-0.25, -0.2) is 4.57 Å². The second kappa shape index (κ2) is 8.76. The van der Waals surface area contributed by atoms with Crippen molar-refractivity contribution in [1.82, 2.24) is 4.90 Å². The summed E-state index contributed by atoms with van der Waals surface area (Å²) in [6.07, 6.45) is 0. The summed E-state index contributed by atoms with van der Waals surface area (Å²) in [6.45, 7) is -0.227. The first-order valence-corrected chi connectivity index (χ1v) is 4.65. The van der Waals surface area contributed by atoms with Gasteiger partial charge in [-0.1, -0.05) is 0 Å². The van der Waals surface area contributed by atoms with Crippen LogP contribution in [0, 0.1) is 5.41 Å². The van der Waals surface area contributed by atoms with Gasteiger partial charge in [0.15, 0.2) is 5.96 Å². The van der Waals surface area contributed by atoms with E-state index >= 15 is 0 Å². The van der Waals surface area contributed by atoms with E-state index in [2.05, 4.69) is 0 Å². The Morgan fingerprint density at radius 1 is 1.47 bits per heavy atom. The molecule has 0 rings (SSSR count). The van der Waals surface area contributed by atoms with Crippen LogP contribution in [-0.2, 0) is 28.8 Å². The maximum absolute atomic E-state index is 9.92. The second-order valence-corrected chi connectivity index (χ2v) is 3.17. The van der Waals surface area contributed by atoms with Gasteiger partial charge in [0, 0.05) is 26.5 Å². The molecule has 11 heteroatoms. The first kappa shape index (κ1) is 20.0. The van der Waals surface area contributed by atoms with Gasteiger partial charge in [-0.05, 0) is 0 Å². The maximum atomic E-state index is 9.92. The number of likely N-dealkylation sites (N-methyl/N-ethyl adjacent to an activating group) is 1. The van der Waals surface area contributed by atoms with Crippen LogP contribution in [0.4, 0.5) is 0 Å². The molecule has 0 bridgehead atoms. The topological polar surface area (TPSA) is 168 Å². The van der Waals surface area contributed by atoms with Crippen molar-refractivity contribution in [3.05, 3.63) is 0 Å². The van der Waals surface area contributed by atoms with Crippen molar-refractivity contribution >= 4 is 19.8 Å². The average molecular weight is 295 g/mol. The molecule has 0 atom stereocenters. The third-order valence-corrected chi connectivity index (χ3v) is 0.784. The molecule has 86 valence electrons. The molecule has 0 saturated carbocycles. The van der Waals surface area contributed by atoms with Gasteiger partial charge >= 0.3 is 13.8 Å². The minimum Gasteiger partial charge on any atom is -0.480 e. The smallest absolute Gasteiger partial charge is 0.466 e. The number of aliphatic carboxylic acids is 1. The van der Waals surface area contributed by atoms with Gasteiger partial charge in [-0.15, -0.1) is 0 Å². The molecule has 0 unspecified atom stereocenters. The van der Waals surface area contributed by atoms with E-state index in [-0.39, 0.29) is 32.0 Å². The molecule has 0 heterocycles. The van der Waals surface area contributed by atoms with Crippen LogP contribution in [0.2, 0.25) is 0 Å². The van der Waals surface area contributed by atoms with Crippen molar-refractivity contribution in [1.29, 1.82) is 5.41 Å². The third kappa shape index (κ3) is 31.8. The van der Waals surface area contributed by atoms with Crippen LogP contribution in [0.1, 0.15) is 0 Å². The quantitative estimate of drug-likeness (QED) is 0.146. The molecule has 0 aromatic carbocycles. The predicted octanol–water partition coefficient (Wildman–Crippen LogP) is -2.03. The van der Waals surface area contributed by atoms with Crippen molar-refractivity contribution in [2.75, 3.05) is 13.6 Å². The maximum Gasteiger partial charge on any atom is 0.466 e. The van der Waals surface area contributed by atoms with Crippen molar-refractivity contribution in [2.45, 2.75) is 0 Å². The van der Waals surface area contributed by atoms with Crippen LogP contribution in [0.25, 0.3) is 0 Å². The number of carboxylic acids is 1. The van der Waals surface area contributed by atoms with Gasteiger partial charge < -0.3 is 30.4 Å². The Bertz CT molecular complexity index is 246. The van der Waals surface area contributed by atoms with Crippen LogP contribution < -0.4 is 5.73 Å². The first-order chi connectivity index (χ1) is 6.04. The Hall–Kier alpha value is -0.527. The van der Waals surface area contributed by atoms with E-state index in [0.717, 1.165) is 4.90 Å². The first-order valence-electron chi connectivity index (χ1n) is 3.09. The van der Waals surface area contributed by atoms with Crippen molar-refractivity contribution in [3.8, 4) is 0 Å². The molecular formula is C4H12N3O6PZn. The molecule has 0 radical (unpaired) electrons. The summed E-state index contributed by atoms with van der Waals surface area (Å²) in [6, 6.07) is 0. The number of carbonyl (C=O) groups is 1. The Balaban J connectivity index is -0.000000208. The monoisotopic (exact) mass is 293 g/mol. The van der Waals surface area contributed by atoms with E-state index in [4.69, 9.17) is 35.5 Å². The number of nitrogens with zero attached hydrogens (tertiary/aromatic N) is 1. The van der Waals surface area contributed by atoms with Gasteiger partial charge in [0.05, 0.1) is 0 Å². The molecule has 0 fully saturated rings. The third-order valence-electron chi connectivity index (χ3n) is 0.784. The second-order valence-electron chi connectivity index (χ2n) is 2.15. The van der Waals surface area contributed by atoms with Gasteiger partial charge in [-0.3, -0.25) is 10.2 Å². The number of nitrogens with two attached hydrogens (primary N) is 1. The van der Waals surface area contributed by atoms with Gasteiger partial charge in [0.1, 0.15) is 6.54 Å². The molecule has 0 spiro atoms. The summed E-state index contributed by atoms with van der Waals surface area (Å²) in [4.78, 5) is 32.6. The Morgan fingerprint density at radius 2 is 1.73 bits per heavy atom. The summed E-state index contributed by atoms with van der Waals surface area (Å²) in [5.41, 5.74) is 4.93. The zero-order valence-electron chi connectivity index (χ0n) is 7.99. The summed E-state index contributed by atoms with van der Waals surface area (Å²) >= 11 is 0. The Labute approximate surface area is 98.4 Å². The predicted molar refractivity (Wildman–Crippen MR) is 46.4 cm³/mol. The summed E-state index contributed by atoms with van der Waals surface area (Å²) in [7, 11) is -3.20. The van der Waals surface area contributed by atoms with Crippen molar-refractivity contribution < 1.29 is 48.6 Å². The molecule has 0 aromatic rings. The fraction of sp³-hybridized carbons (Fsp3) is 0.500. The summed E-state index contributed by atoms with van der Waals surface area (Å²) in [5, 5.41) is 14.9. The average Bonchev–Trinajstić information content (AvgIpc) is 1.80. The molecular weight excluding hydrogens is 282 g/mol. The number of nitrogens with one attached hydrogen (secondary N) is 1. The number of phosphoric acid groups is 1. The molecule has 7 N–H and O–H groups in total. The van der Waals surface area contributed by atoms with Crippen LogP contribution in [0.15, 0.2) is 0 Å². The molecule has 0 aliphatic rings. The van der Waals surface area contributed by atoms with Crippen molar-refractivity contribution in [2.24, 2.45) is 5.73 Å². The van der Waals surface area contributed by atoms with Gasteiger partial charge in [-0.2, -0.15) is 0 Å². The summed E-state index contributed by atoms with van der Waals surface area (Å²) < 4.78 is 8.88. The van der Waals surface area contributed by atoms with E-state index in [9.17, 15) is 4.79 Å². The van der Waals surface area contributed by atoms with Gasteiger partial charge in [0.2, 0.25) is 0 Å². The van der Waals surface area contributed by atoms with E-state index in [1.54, 1.807) is 0 Å². The van der Waals surface area contributed by atoms with Crippen LogP contribution >= 0.6 is 7.82 Å². The minimum atomic E-state index is -4.64. The normalized spacial score (nSPS) is 9.07. The molecule has 9 nitrogen and oxygen atoms in total. The zero-order valence-corrected chi connectivity index (χ0v) is 11.9. The zero-order chi connectivity index (χ0) is 11.9. The van der Waals surface area contributed by atoms with Crippen LogP contribution in [0.5, 0.6) is 0 Å². The molecule has 0 amide bonds. The number of hydrogen-bond acceptors (Lipinski definition) is 3. The van der Waals surface area contributed by atoms with E-state index in [1.807, 2.05) is 0 Å². The number of carboxylic acid groups (broad SMARTS) is 1. The number of rotatable bonds is 2. The van der Waals surface area contributed by atoms with Crippen LogP contribution in [-0.4, -0.2) is 50.2 Å². The Morgan fingerprint density at radius 3 is 1.80 bits per heavy atom. The van der Waals surface area contributed by atoms with Crippen molar-refractivity contribution in [3.63, 3.8) is 0 Å². The summed E-state index contributed by atoms with van der Waals surface area (Å²) in [5.74, 6) is -1.23. The molecule has 15 heavy (non-hydrogen) atoms. The standard InChI is InChI=1S/C4H9N3O2.H3O4P.Zn/c1-7(4(5)6)2-3(8)9;1-5(2,3)4;/h2H2,1H3,(H3,5,6)(H,8,9);(H3,1,2,3,4);. The van der Waals surface area contributed by atoms with Gasteiger partial charge in [0.25, 0.3) is 0 Å². The molecule has 0 saturated heterocycles. The Kier molecular flexibility index (Phi) is 11.6. The fourth-order valence-corrected chi connectivity index (χ4v) is 0.288. The van der Waals surface area contributed by atoms with E-state index in [0.29, 0.717) is 0 Å². The van der Waals surface area contributed by atoms with E-state index < -0.39 is 13.8 Å².